The van der Waals surface area contributed by atoms with E-state index in [2.05, 4.69) is 10.6 Å². The largest absolute Gasteiger partial charge is 0.387 e. The summed E-state index contributed by atoms with van der Waals surface area (Å²) in [4.78, 5) is 22.4. The number of ether oxygens (including phenoxy) is 1. The molecule has 0 saturated carbocycles. The summed E-state index contributed by atoms with van der Waals surface area (Å²) in [5.41, 5.74) is 7.27. The molecule has 19 heavy (non-hydrogen) atoms. The summed E-state index contributed by atoms with van der Waals surface area (Å²) in [7, 11) is 1.76. The molecule has 0 spiro atoms. The minimum Gasteiger partial charge on any atom is -0.387 e. The molecule has 1 aromatic carbocycles. The lowest BCUT2D eigenvalue weighted by molar-refractivity contribution is -0.122. The van der Waals surface area contributed by atoms with Crippen molar-refractivity contribution in [2.24, 2.45) is 5.73 Å². The van der Waals surface area contributed by atoms with Gasteiger partial charge < -0.3 is 21.1 Å². The number of carbonyl (C=O) groups excluding carboxylic acids is 2. The van der Waals surface area contributed by atoms with Crippen molar-refractivity contribution in [3.8, 4) is 0 Å². The van der Waals surface area contributed by atoms with Gasteiger partial charge in [0, 0.05) is 19.3 Å². The van der Waals surface area contributed by atoms with Crippen molar-refractivity contribution in [3.05, 3.63) is 29.3 Å². The van der Waals surface area contributed by atoms with Gasteiger partial charge in [0.15, 0.2) is 0 Å². The summed E-state index contributed by atoms with van der Waals surface area (Å²) in [5.74, 6) is -0.710. The lowest BCUT2D eigenvalue weighted by Gasteiger charge is -2.10. The Hall–Kier alpha value is -2.08. The Labute approximate surface area is 112 Å². The van der Waals surface area contributed by atoms with E-state index in [1.165, 1.54) is 0 Å². The van der Waals surface area contributed by atoms with Gasteiger partial charge in [-0.15, -0.1) is 0 Å². The van der Waals surface area contributed by atoms with Crippen LogP contribution in [0.25, 0.3) is 0 Å². The quantitative estimate of drug-likeness (QED) is 0.617. The Morgan fingerprint density at radius 1 is 1.37 bits per heavy atom. The highest BCUT2D eigenvalue weighted by Gasteiger charge is 2.10. The molecule has 0 saturated heterocycles. The van der Waals surface area contributed by atoms with Gasteiger partial charge in [-0.2, -0.15) is 0 Å². The third-order valence-corrected chi connectivity index (χ3v) is 2.47. The van der Waals surface area contributed by atoms with Gasteiger partial charge in [0.2, 0.25) is 5.91 Å². The maximum Gasteiger partial charge on any atom is 0.253 e. The van der Waals surface area contributed by atoms with Crippen LogP contribution in [-0.2, 0) is 9.53 Å². The zero-order valence-corrected chi connectivity index (χ0v) is 11.2. The topological polar surface area (TPSA) is 93.4 Å². The molecule has 0 aliphatic rings. The van der Waals surface area contributed by atoms with E-state index in [1.54, 1.807) is 7.05 Å². The summed E-state index contributed by atoms with van der Waals surface area (Å²) >= 11 is 0. The van der Waals surface area contributed by atoms with Crippen molar-refractivity contribution in [1.82, 2.24) is 5.32 Å². The van der Waals surface area contributed by atoms with Crippen molar-refractivity contribution >= 4 is 17.5 Å². The number of carbonyl (C=O) groups is 2. The number of hydrogen-bond acceptors (Lipinski definition) is 4. The molecule has 0 aliphatic heterocycles. The maximum absolute atomic E-state index is 12.0. The molecular formula is C13H19N3O3. The number of nitrogens with two attached hydrogens (primary N) is 1. The average molecular weight is 265 g/mol. The number of anilines is 1. The first-order valence-corrected chi connectivity index (χ1v) is 5.97. The predicted molar refractivity (Wildman–Crippen MR) is 73.1 cm³/mol. The Balaban J connectivity index is 2.49. The van der Waals surface area contributed by atoms with Crippen LogP contribution in [0, 0.1) is 6.92 Å². The molecule has 4 N–H and O–H groups in total. The van der Waals surface area contributed by atoms with Crippen LogP contribution in [-0.4, -0.2) is 38.6 Å². The van der Waals surface area contributed by atoms with E-state index in [-0.39, 0.29) is 19.1 Å². The minimum absolute atomic E-state index is 0.137. The van der Waals surface area contributed by atoms with Gasteiger partial charge in [-0.25, -0.2) is 0 Å². The normalized spacial score (nSPS) is 10.0. The second kappa shape index (κ2) is 7.38. The van der Waals surface area contributed by atoms with E-state index in [9.17, 15) is 9.59 Å². The Kier molecular flexibility index (Phi) is 5.81. The SMILES string of the molecule is CNc1ccc(C)cc1C(=O)NCCOCC(N)=O. The van der Waals surface area contributed by atoms with E-state index >= 15 is 0 Å². The van der Waals surface area contributed by atoms with Gasteiger partial charge in [0.25, 0.3) is 5.91 Å². The molecule has 1 rings (SSSR count). The third kappa shape index (κ3) is 4.97. The Morgan fingerprint density at radius 3 is 2.74 bits per heavy atom. The van der Waals surface area contributed by atoms with Crippen molar-refractivity contribution in [2.45, 2.75) is 6.92 Å². The molecule has 0 aliphatic carbocycles. The summed E-state index contributed by atoms with van der Waals surface area (Å²) in [6.07, 6.45) is 0. The van der Waals surface area contributed by atoms with Crippen LogP contribution in [0.1, 0.15) is 15.9 Å². The molecule has 1 aromatic rings. The maximum atomic E-state index is 12.0. The number of primary amides is 1. The Morgan fingerprint density at radius 2 is 2.11 bits per heavy atom. The fourth-order valence-electron chi connectivity index (χ4n) is 1.57. The zero-order chi connectivity index (χ0) is 14.3. The fraction of sp³-hybridized carbons (Fsp3) is 0.385. The van der Waals surface area contributed by atoms with Crippen LogP contribution in [0.5, 0.6) is 0 Å². The monoisotopic (exact) mass is 265 g/mol. The van der Waals surface area contributed by atoms with Gasteiger partial charge >= 0.3 is 0 Å². The second-order valence-electron chi connectivity index (χ2n) is 4.07. The number of benzene rings is 1. The van der Waals surface area contributed by atoms with E-state index in [0.29, 0.717) is 12.1 Å². The first kappa shape index (κ1) is 15.0. The summed E-state index contributed by atoms with van der Waals surface area (Å²) in [6, 6.07) is 5.60. The van der Waals surface area contributed by atoms with Crippen LogP contribution >= 0.6 is 0 Å². The molecule has 0 atom stereocenters. The summed E-state index contributed by atoms with van der Waals surface area (Å²) in [5, 5.41) is 5.69. The Bertz CT molecular complexity index is 460. The van der Waals surface area contributed by atoms with E-state index in [0.717, 1.165) is 11.3 Å². The molecule has 0 bridgehead atoms. The van der Waals surface area contributed by atoms with E-state index in [4.69, 9.17) is 10.5 Å². The van der Waals surface area contributed by atoms with Crippen LogP contribution in [0.2, 0.25) is 0 Å². The van der Waals surface area contributed by atoms with Crippen LogP contribution in [0.15, 0.2) is 18.2 Å². The standard InChI is InChI=1S/C13H19N3O3/c1-9-3-4-11(15-2)10(7-9)13(18)16-5-6-19-8-12(14)17/h3-4,7,15H,5-6,8H2,1-2H3,(H2,14,17)(H,16,18). The lowest BCUT2D eigenvalue weighted by atomic mass is 10.1. The molecule has 0 radical (unpaired) electrons. The molecular weight excluding hydrogens is 246 g/mol. The summed E-state index contributed by atoms with van der Waals surface area (Å²) in [6.45, 7) is 2.35. The number of aryl methyl sites for hydroxylation is 1. The summed E-state index contributed by atoms with van der Waals surface area (Å²) < 4.78 is 4.96. The lowest BCUT2D eigenvalue weighted by Crippen LogP contribution is -2.29. The van der Waals surface area contributed by atoms with Crippen LogP contribution in [0.3, 0.4) is 0 Å². The number of amides is 2. The van der Waals surface area contributed by atoms with Crippen LogP contribution in [0.4, 0.5) is 5.69 Å². The molecule has 6 heteroatoms. The highest BCUT2D eigenvalue weighted by Crippen LogP contribution is 2.16. The predicted octanol–water partition coefficient (Wildman–Crippen LogP) is 0.268. The molecule has 0 unspecified atom stereocenters. The molecule has 0 heterocycles. The number of rotatable bonds is 7. The first-order chi connectivity index (χ1) is 9.04. The number of hydrogen-bond donors (Lipinski definition) is 3. The first-order valence-electron chi connectivity index (χ1n) is 5.97. The van der Waals surface area contributed by atoms with Crippen molar-refractivity contribution in [1.29, 1.82) is 0 Å². The molecule has 6 nitrogen and oxygen atoms in total. The van der Waals surface area contributed by atoms with Crippen molar-refractivity contribution in [3.63, 3.8) is 0 Å². The van der Waals surface area contributed by atoms with Gasteiger partial charge in [0.1, 0.15) is 6.61 Å². The van der Waals surface area contributed by atoms with Gasteiger partial charge in [-0.3, -0.25) is 9.59 Å². The van der Waals surface area contributed by atoms with Gasteiger partial charge in [-0.05, 0) is 19.1 Å². The molecule has 2 amide bonds. The molecule has 0 fully saturated rings. The zero-order valence-electron chi connectivity index (χ0n) is 11.2. The second-order valence-corrected chi connectivity index (χ2v) is 4.07. The fourth-order valence-corrected chi connectivity index (χ4v) is 1.57. The third-order valence-electron chi connectivity index (χ3n) is 2.47. The highest BCUT2D eigenvalue weighted by atomic mass is 16.5. The van der Waals surface area contributed by atoms with Crippen molar-refractivity contribution < 1.29 is 14.3 Å². The molecule has 0 aromatic heterocycles. The number of nitrogens with one attached hydrogen (secondary N) is 2. The van der Waals surface area contributed by atoms with Crippen LogP contribution < -0.4 is 16.4 Å². The van der Waals surface area contributed by atoms with E-state index < -0.39 is 5.91 Å². The van der Waals surface area contributed by atoms with Crippen molar-refractivity contribution in [2.75, 3.05) is 32.1 Å². The van der Waals surface area contributed by atoms with Gasteiger partial charge in [0.05, 0.1) is 12.2 Å². The minimum atomic E-state index is -0.525. The van der Waals surface area contributed by atoms with E-state index in [1.807, 2.05) is 25.1 Å². The average Bonchev–Trinajstić information content (AvgIpc) is 2.37. The smallest absolute Gasteiger partial charge is 0.253 e. The highest BCUT2D eigenvalue weighted by molar-refractivity contribution is 5.99. The van der Waals surface area contributed by atoms with Gasteiger partial charge in [-0.1, -0.05) is 11.6 Å². The molecule has 104 valence electrons.